The fourth-order valence-corrected chi connectivity index (χ4v) is 3.61. The van der Waals surface area contributed by atoms with Crippen LogP contribution in [0.2, 0.25) is 10.0 Å². The van der Waals surface area contributed by atoms with Gasteiger partial charge in [0.25, 0.3) is 0 Å². The van der Waals surface area contributed by atoms with Crippen molar-refractivity contribution in [3.05, 3.63) is 69.7 Å². The Hall–Kier alpha value is -1.96. The number of hydrogen-bond acceptors (Lipinski definition) is 5. The first kappa shape index (κ1) is 17.8. The summed E-state index contributed by atoms with van der Waals surface area (Å²) in [5.41, 5.74) is 0.808. The molecule has 1 aromatic heterocycles. The molecule has 0 aliphatic carbocycles. The summed E-state index contributed by atoms with van der Waals surface area (Å²) in [4.78, 5) is 0. The molecule has 5 nitrogen and oxygen atoms in total. The number of halogens is 3. The number of ether oxygens (including phenoxy) is 1. The second kappa shape index (κ2) is 7.95. The highest BCUT2D eigenvalue weighted by Gasteiger charge is 2.13. The zero-order valence-corrected chi connectivity index (χ0v) is 15.2. The Labute approximate surface area is 157 Å². The largest absolute Gasteiger partial charge is 0.486 e. The lowest BCUT2D eigenvalue weighted by atomic mass is 10.2. The van der Waals surface area contributed by atoms with Crippen LogP contribution in [0.25, 0.3) is 0 Å². The second-order valence-electron chi connectivity index (χ2n) is 5.00. The summed E-state index contributed by atoms with van der Waals surface area (Å²) in [7, 11) is 0. The van der Waals surface area contributed by atoms with Crippen molar-refractivity contribution < 1.29 is 9.13 Å². The molecule has 0 aliphatic rings. The Morgan fingerprint density at radius 2 is 1.76 bits per heavy atom. The molecule has 0 unspecified atom stereocenters. The van der Waals surface area contributed by atoms with Crippen LogP contribution in [0.4, 0.5) is 4.39 Å². The molecule has 0 amide bonds. The normalized spacial score (nSPS) is 10.8. The van der Waals surface area contributed by atoms with Crippen molar-refractivity contribution in [3.63, 3.8) is 0 Å². The van der Waals surface area contributed by atoms with Crippen molar-refractivity contribution in [2.45, 2.75) is 17.5 Å². The molecule has 0 spiro atoms. The van der Waals surface area contributed by atoms with Crippen molar-refractivity contribution in [2.24, 2.45) is 0 Å². The van der Waals surface area contributed by atoms with Gasteiger partial charge in [-0.25, -0.2) is 9.07 Å². The van der Waals surface area contributed by atoms with Gasteiger partial charge in [0.05, 0.1) is 0 Å². The molecule has 2 N–H and O–H groups in total. The van der Waals surface area contributed by atoms with Crippen LogP contribution >= 0.6 is 35.0 Å². The van der Waals surface area contributed by atoms with Gasteiger partial charge < -0.3 is 10.6 Å². The summed E-state index contributed by atoms with van der Waals surface area (Å²) < 4.78 is 19.7. The van der Waals surface area contributed by atoms with Crippen LogP contribution in [0.5, 0.6) is 5.75 Å². The minimum Gasteiger partial charge on any atom is -0.486 e. The second-order valence-corrected chi connectivity index (χ2v) is 6.76. The Balaban J connectivity index is 1.64. The number of thioether (sulfide) groups is 1. The monoisotopic (exact) mass is 398 g/mol. The maximum Gasteiger partial charge on any atom is 0.210 e. The van der Waals surface area contributed by atoms with Crippen LogP contribution in [0.1, 0.15) is 11.4 Å². The number of rotatable bonds is 6. The number of nitrogen functional groups attached to an aromatic ring is 1. The zero-order chi connectivity index (χ0) is 17.8. The highest BCUT2D eigenvalue weighted by Crippen LogP contribution is 2.30. The van der Waals surface area contributed by atoms with Crippen molar-refractivity contribution in [2.75, 3.05) is 5.84 Å². The molecule has 0 saturated carbocycles. The number of hydrogen-bond donors (Lipinski definition) is 1. The minimum atomic E-state index is -0.328. The van der Waals surface area contributed by atoms with Crippen molar-refractivity contribution in [3.8, 4) is 5.75 Å². The number of nitrogens with two attached hydrogens (primary N) is 1. The Morgan fingerprint density at radius 1 is 1.08 bits per heavy atom. The minimum absolute atomic E-state index is 0.114. The molecule has 9 heteroatoms. The maximum atomic E-state index is 12.9. The fraction of sp³-hybridized carbons (Fsp3) is 0.125. The van der Waals surface area contributed by atoms with E-state index in [9.17, 15) is 4.39 Å². The first-order valence-corrected chi connectivity index (χ1v) is 8.92. The van der Waals surface area contributed by atoms with Crippen molar-refractivity contribution >= 4 is 35.0 Å². The smallest absolute Gasteiger partial charge is 0.210 e. The first-order chi connectivity index (χ1) is 12.0. The quantitative estimate of drug-likeness (QED) is 0.494. The Morgan fingerprint density at radius 3 is 2.44 bits per heavy atom. The van der Waals surface area contributed by atoms with E-state index in [1.165, 1.54) is 40.7 Å². The first-order valence-electron chi connectivity index (χ1n) is 7.18. The van der Waals surface area contributed by atoms with E-state index in [1.54, 1.807) is 18.2 Å². The van der Waals surface area contributed by atoms with Crippen LogP contribution < -0.4 is 10.6 Å². The van der Waals surface area contributed by atoms with Gasteiger partial charge in [-0.05, 0) is 42.0 Å². The third-order valence-electron chi connectivity index (χ3n) is 3.32. The van der Waals surface area contributed by atoms with E-state index in [2.05, 4.69) is 10.2 Å². The van der Waals surface area contributed by atoms with E-state index < -0.39 is 0 Å². The molecular weight excluding hydrogens is 386 g/mol. The van der Waals surface area contributed by atoms with Crippen LogP contribution in [-0.2, 0) is 12.4 Å². The predicted molar refractivity (Wildman–Crippen MR) is 96.9 cm³/mol. The third-order valence-corrected chi connectivity index (χ3v) is 5.00. The van der Waals surface area contributed by atoms with Crippen LogP contribution in [-0.4, -0.2) is 14.9 Å². The van der Waals surface area contributed by atoms with Gasteiger partial charge in [-0.2, -0.15) is 0 Å². The number of benzene rings is 2. The molecule has 1 heterocycles. The molecule has 2 aromatic carbocycles. The Bertz CT molecular complexity index is 853. The lowest BCUT2D eigenvalue weighted by Gasteiger charge is -2.07. The molecule has 0 radical (unpaired) electrons. The molecule has 25 heavy (non-hydrogen) atoms. The summed E-state index contributed by atoms with van der Waals surface area (Å²) in [6, 6.07) is 11.0. The third kappa shape index (κ3) is 4.36. The standard InChI is InChI=1S/C16H13Cl2FN4OS/c17-13-2-1-3-14(18)12(13)9-25-16-22-21-15(23(16)20)8-24-11-6-4-10(19)5-7-11/h1-7H,8-9,20H2. The van der Waals surface area contributed by atoms with Crippen molar-refractivity contribution in [1.29, 1.82) is 0 Å². The lowest BCUT2D eigenvalue weighted by molar-refractivity contribution is 0.291. The highest BCUT2D eigenvalue weighted by molar-refractivity contribution is 7.98. The molecule has 3 aromatic rings. The van der Waals surface area contributed by atoms with Gasteiger partial charge in [0, 0.05) is 15.8 Å². The average molecular weight is 399 g/mol. The summed E-state index contributed by atoms with van der Waals surface area (Å²) in [5, 5.41) is 9.73. The van der Waals surface area contributed by atoms with Crippen LogP contribution in [0, 0.1) is 5.82 Å². The van der Waals surface area contributed by atoms with E-state index in [1.807, 2.05) is 0 Å². The molecular formula is C16H13Cl2FN4OS. The molecule has 130 valence electrons. The SMILES string of the molecule is Nn1c(COc2ccc(F)cc2)nnc1SCc1c(Cl)cccc1Cl. The highest BCUT2D eigenvalue weighted by atomic mass is 35.5. The van der Waals surface area contributed by atoms with Gasteiger partial charge in [0.2, 0.25) is 5.16 Å². The van der Waals surface area contributed by atoms with E-state index in [0.29, 0.717) is 32.5 Å². The summed E-state index contributed by atoms with van der Waals surface area (Å²) in [6.07, 6.45) is 0. The molecule has 0 saturated heterocycles. The van der Waals surface area contributed by atoms with E-state index in [4.69, 9.17) is 33.8 Å². The van der Waals surface area contributed by atoms with Crippen molar-refractivity contribution in [1.82, 2.24) is 14.9 Å². The molecule has 0 bridgehead atoms. The zero-order valence-electron chi connectivity index (χ0n) is 12.8. The summed E-state index contributed by atoms with van der Waals surface area (Å²) >= 11 is 13.7. The summed E-state index contributed by atoms with van der Waals surface area (Å²) in [6.45, 7) is 0.114. The number of aromatic nitrogens is 3. The van der Waals surface area contributed by atoms with Gasteiger partial charge in [-0.15, -0.1) is 10.2 Å². The average Bonchev–Trinajstić information content (AvgIpc) is 2.94. The van der Waals surface area contributed by atoms with Crippen LogP contribution in [0.15, 0.2) is 47.6 Å². The van der Waals surface area contributed by atoms with Gasteiger partial charge in [-0.3, -0.25) is 0 Å². The fourth-order valence-electron chi connectivity index (χ4n) is 1.99. The molecule has 3 rings (SSSR count). The van der Waals surface area contributed by atoms with E-state index >= 15 is 0 Å². The van der Waals surface area contributed by atoms with Gasteiger partial charge in [0.1, 0.15) is 18.2 Å². The lowest BCUT2D eigenvalue weighted by Crippen LogP contribution is -2.15. The topological polar surface area (TPSA) is 66.0 Å². The predicted octanol–water partition coefficient (Wildman–Crippen LogP) is 4.31. The van der Waals surface area contributed by atoms with Gasteiger partial charge in [0.15, 0.2) is 5.82 Å². The molecule has 0 atom stereocenters. The van der Waals surface area contributed by atoms with Gasteiger partial charge in [-0.1, -0.05) is 41.0 Å². The van der Waals surface area contributed by atoms with Gasteiger partial charge >= 0.3 is 0 Å². The molecule has 0 aliphatic heterocycles. The molecule has 0 fully saturated rings. The summed E-state index contributed by atoms with van der Waals surface area (Å²) in [5.74, 6) is 7.13. The number of nitrogens with zero attached hydrogens (tertiary/aromatic N) is 3. The maximum absolute atomic E-state index is 12.9. The van der Waals surface area contributed by atoms with E-state index in [0.717, 1.165) is 5.56 Å². The van der Waals surface area contributed by atoms with E-state index in [-0.39, 0.29) is 12.4 Å². The van der Waals surface area contributed by atoms with Crippen LogP contribution in [0.3, 0.4) is 0 Å². The Kier molecular flexibility index (Phi) is 5.67.